The minimum atomic E-state index is -0.617. The minimum absolute atomic E-state index is 0.0931. The van der Waals surface area contributed by atoms with Crippen LogP contribution in [0.3, 0.4) is 0 Å². The lowest BCUT2D eigenvalue weighted by atomic mass is 9.93. The number of fused-ring (bicyclic) bond motifs is 1. The highest BCUT2D eigenvalue weighted by Crippen LogP contribution is 2.40. The van der Waals surface area contributed by atoms with E-state index in [4.69, 9.17) is 0 Å². The van der Waals surface area contributed by atoms with Gasteiger partial charge in [0.05, 0.1) is 17.9 Å². The maximum Gasteiger partial charge on any atom is 0.250 e. The van der Waals surface area contributed by atoms with Gasteiger partial charge in [0.15, 0.2) is 0 Å². The third kappa shape index (κ3) is 4.68. The number of benzene rings is 1. The van der Waals surface area contributed by atoms with Crippen molar-refractivity contribution < 1.29 is 14.4 Å². The topological polar surface area (TPSA) is 69.7 Å². The number of hydrogen-bond donors (Lipinski definition) is 1. The molecule has 1 fully saturated rings. The van der Waals surface area contributed by atoms with Gasteiger partial charge in [-0.3, -0.25) is 14.4 Å². The van der Waals surface area contributed by atoms with Gasteiger partial charge < -0.3 is 15.1 Å². The Labute approximate surface area is 221 Å². The van der Waals surface area contributed by atoms with Crippen LogP contribution < -0.4 is 15.1 Å². The van der Waals surface area contributed by atoms with Crippen molar-refractivity contribution >= 4 is 40.4 Å². The highest BCUT2D eigenvalue weighted by Gasteiger charge is 2.37. The van der Waals surface area contributed by atoms with Crippen molar-refractivity contribution in [1.82, 2.24) is 5.32 Å². The van der Waals surface area contributed by atoms with E-state index in [-0.39, 0.29) is 17.7 Å². The van der Waals surface area contributed by atoms with Crippen LogP contribution in [0.5, 0.6) is 0 Å². The van der Waals surface area contributed by atoms with Crippen LogP contribution in [0.15, 0.2) is 70.0 Å². The normalized spacial score (nSPS) is 20.9. The van der Waals surface area contributed by atoms with Gasteiger partial charge in [0.1, 0.15) is 6.04 Å². The molecule has 3 amide bonds. The molecular weight excluding hydrogens is 482 g/mol. The first kappa shape index (κ1) is 23.9. The number of allylic oxidation sites excluding steroid dienone is 6. The zero-order valence-electron chi connectivity index (χ0n) is 20.9. The number of hydrogen-bond acceptors (Lipinski definition) is 4. The molecule has 1 unspecified atom stereocenters. The van der Waals surface area contributed by atoms with Crippen LogP contribution in [0.2, 0.25) is 0 Å². The van der Waals surface area contributed by atoms with Crippen molar-refractivity contribution in [1.29, 1.82) is 0 Å². The predicted octanol–water partition coefficient (Wildman–Crippen LogP) is 5.21. The van der Waals surface area contributed by atoms with E-state index in [1.165, 1.54) is 16.7 Å². The number of nitrogens with zero attached hydrogens (tertiary/aromatic N) is 2. The molecule has 3 heterocycles. The van der Waals surface area contributed by atoms with Crippen LogP contribution in [-0.4, -0.2) is 30.3 Å². The van der Waals surface area contributed by atoms with E-state index in [0.717, 1.165) is 48.2 Å². The second-order valence-electron chi connectivity index (χ2n) is 10.2. The minimum Gasteiger partial charge on any atom is -0.344 e. The Bertz CT molecular complexity index is 1340. The molecule has 190 valence electrons. The van der Waals surface area contributed by atoms with Crippen LogP contribution in [0.25, 0.3) is 0 Å². The van der Waals surface area contributed by atoms with Gasteiger partial charge in [0.2, 0.25) is 17.7 Å². The number of rotatable bonds is 7. The first-order valence-electron chi connectivity index (χ1n) is 13.2. The Kier molecular flexibility index (Phi) is 6.55. The number of nitrogens with one attached hydrogen (secondary N) is 1. The van der Waals surface area contributed by atoms with E-state index in [1.54, 1.807) is 16.2 Å². The Hall–Kier alpha value is -3.45. The Morgan fingerprint density at radius 1 is 1.16 bits per heavy atom. The molecule has 1 atom stereocenters. The Morgan fingerprint density at radius 3 is 2.89 bits per heavy atom. The second-order valence-corrected chi connectivity index (χ2v) is 11.0. The molecule has 6 rings (SSSR count). The van der Waals surface area contributed by atoms with Gasteiger partial charge in [0.25, 0.3) is 0 Å². The van der Waals surface area contributed by atoms with Crippen LogP contribution >= 0.6 is 11.3 Å². The van der Waals surface area contributed by atoms with Gasteiger partial charge in [-0.15, -0.1) is 0 Å². The van der Waals surface area contributed by atoms with Crippen molar-refractivity contribution in [2.75, 3.05) is 16.3 Å². The summed E-state index contributed by atoms with van der Waals surface area (Å²) in [7, 11) is 0. The number of anilines is 2. The average molecular weight is 514 g/mol. The van der Waals surface area contributed by atoms with Crippen molar-refractivity contribution in [3.05, 3.63) is 81.1 Å². The van der Waals surface area contributed by atoms with Crippen molar-refractivity contribution in [3.8, 4) is 0 Å². The van der Waals surface area contributed by atoms with Gasteiger partial charge in [-0.2, -0.15) is 11.3 Å². The largest absolute Gasteiger partial charge is 0.344 e. The molecule has 2 aromatic rings. The monoisotopic (exact) mass is 513 g/mol. The number of thiophene rings is 1. The average Bonchev–Trinajstić information content (AvgIpc) is 3.66. The molecule has 4 aliphatic rings. The highest BCUT2D eigenvalue weighted by molar-refractivity contribution is 7.07. The molecule has 0 spiro atoms. The van der Waals surface area contributed by atoms with Gasteiger partial charge in [-0.05, 0) is 82.8 Å². The molecule has 0 saturated carbocycles. The quantitative estimate of drug-likeness (QED) is 0.553. The van der Waals surface area contributed by atoms with E-state index < -0.39 is 6.04 Å². The lowest BCUT2D eigenvalue weighted by Crippen LogP contribution is -2.53. The lowest BCUT2D eigenvalue weighted by Gasteiger charge is -2.37. The maximum atomic E-state index is 13.8. The van der Waals surface area contributed by atoms with E-state index in [0.29, 0.717) is 38.8 Å². The summed E-state index contributed by atoms with van der Waals surface area (Å²) in [5.41, 5.74) is 7.71. The summed E-state index contributed by atoms with van der Waals surface area (Å²) < 4.78 is 0. The van der Waals surface area contributed by atoms with E-state index in [9.17, 15) is 14.4 Å². The zero-order valence-corrected chi connectivity index (χ0v) is 21.7. The first-order chi connectivity index (χ1) is 18.1. The predicted molar refractivity (Wildman–Crippen MR) is 147 cm³/mol. The van der Waals surface area contributed by atoms with Gasteiger partial charge in [-0.1, -0.05) is 30.4 Å². The van der Waals surface area contributed by atoms with Crippen LogP contribution in [0, 0.1) is 0 Å². The molecule has 2 aliphatic carbocycles. The Morgan fingerprint density at radius 2 is 2.08 bits per heavy atom. The van der Waals surface area contributed by atoms with Crippen molar-refractivity contribution in [2.45, 2.75) is 64.0 Å². The summed E-state index contributed by atoms with van der Waals surface area (Å²) in [4.78, 5) is 43.1. The van der Waals surface area contributed by atoms with Gasteiger partial charge >= 0.3 is 0 Å². The summed E-state index contributed by atoms with van der Waals surface area (Å²) in [6.07, 6.45) is 12.6. The fourth-order valence-corrected chi connectivity index (χ4v) is 6.67. The summed E-state index contributed by atoms with van der Waals surface area (Å²) in [6, 6.07) is 7.30. The van der Waals surface area contributed by atoms with Crippen LogP contribution in [-0.2, 0) is 27.3 Å². The summed E-state index contributed by atoms with van der Waals surface area (Å²) in [5.74, 6) is -0.113. The van der Waals surface area contributed by atoms with E-state index in [1.807, 2.05) is 39.9 Å². The molecule has 37 heavy (non-hydrogen) atoms. The number of carbonyl (C=O) groups is 3. The van der Waals surface area contributed by atoms with Crippen LogP contribution in [0.4, 0.5) is 11.4 Å². The molecule has 1 N–H and O–H groups in total. The summed E-state index contributed by atoms with van der Waals surface area (Å²) in [6.45, 7) is 1.08. The maximum absolute atomic E-state index is 13.8. The smallest absolute Gasteiger partial charge is 0.250 e. The molecule has 6 nitrogen and oxygen atoms in total. The number of amides is 3. The highest BCUT2D eigenvalue weighted by atomic mass is 32.1. The standard InChI is InChI=1S/C30H31N3O3S/c34-27(13-12-22-11-10-21-5-1-2-7-24(21)22)31-25-17-23-6-3-8-26(32-15-4-9-28(32)35)29(23)33(30(25)36)18-20-14-16-37-19-20/h1,3,5-6,8,11,14,16,19,25H,2,4,7,9-10,12-13,15,17-18H2,(H,31,34). The molecule has 0 radical (unpaired) electrons. The summed E-state index contributed by atoms with van der Waals surface area (Å²) >= 11 is 1.59. The molecule has 1 aromatic heterocycles. The zero-order chi connectivity index (χ0) is 25.4. The van der Waals surface area contributed by atoms with Crippen molar-refractivity contribution in [2.24, 2.45) is 0 Å². The number of para-hydroxylation sites is 1. The molecule has 7 heteroatoms. The third-order valence-electron chi connectivity index (χ3n) is 7.82. The third-order valence-corrected chi connectivity index (χ3v) is 8.55. The molecule has 1 aromatic carbocycles. The van der Waals surface area contributed by atoms with Gasteiger partial charge in [-0.25, -0.2) is 0 Å². The SMILES string of the molecule is O=C(CCC1=CCC2=C1CCC=C2)NC1Cc2cccc(N3CCCC3=O)c2N(Cc2ccsc2)C1=O. The van der Waals surface area contributed by atoms with Gasteiger partial charge in [0, 0.05) is 25.8 Å². The lowest BCUT2D eigenvalue weighted by molar-refractivity contribution is -0.127. The van der Waals surface area contributed by atoms with Crippen molar-refractivity contribution in [3.63, 3.8) is 0 Å². The number of carbonyl (C=O) groups excluding carboxylic acids is 3. The molecule has 1 saturated heterocycles. The molecule has 2 aliphatic heterocycles. The first-order valence-corrected chi connectivity index (χ1v) is 14.1. The summed E-state index contributed by atoms with van der Waals surface area (Å²) in [5, 5.41) is 7.09. The second kappa shape index (κ2) is 10.1. The fraction of sp³-hybridized carbons (Fsp3) is 0.367. The van der Waals surface area contributed by atoms with Crippen LogP contribution in [0.1, 0.15) is 56.1 Å². The molecule has 0 bridgehead atoms. The van der Waals surface area contributed by atoms with E-state index >= 15 is 0 Å². The van der Waals surface area contributed by atoms with E-state index in [2.05, 4.69) is 23.5 Å². The fourth-order valence-electron chi connectivity index (χ4n) is 6.01. The molecular formula is C30H31N3O3S. The Balaban J connectivity index is 1.22.